The maximum absolute atomic E-state index is 11.1. The van der Waals surface area contributed by atoms with Crippen LogP contribution in [0, 0.1) is 10.1 Å². The molecular weight excluding hydrogens is 396 g/mol. The van der Waals surface area contributed by atoms with Crippen molar-refractivity contribution in [3.8, 4) is 28.5 Å². The zero-order chi connectivity index (χ0) is 20.8. The number of hydrazone groups is 1. The van der Waals surface area contributed by atoms with Crippen LogP contribution in [0.1, 0.15) is 12.5 Å². The normalized spacial score (nSPS) is 10.8. The Bertz CT molecular complexity index is 1050. The minimum atomic E-state index is -0.677. The van der Waals surface area contributed by atoms with Gasteiger partial charge in [0.15, 0.2) is 5.75 Å². The fourth-order valence-corrected chi connectivity index (χ4v) is 3.16. The van der Waals surface area contributed by atoms with Crippen molar-refractivity contribution in [3.63, 3.8) is 0 Å². The Kier molecular flexibility index (Phi) is 6.25. The fourth-order valence-electron chi connectivity index (χ4n) is 2.50. The lowest BCUT2D eigenvalue weighted by molar-refractivity contribution is -0.386. The SMILES string of the molecule is CCOc1cc(/C=N\Nc2nc(-c3cccc(OC)c3)cs2)cc([N+](=O)[O-])c1O. The summed E-state index contributed by atoms with van der Waals surface area (Å²) in [6, 6.07) is 10.2. The quantitative estimate of drug-likeness (QED) is 0.321. The molecule has 0 aliphatic heterocycles. The van der Waals surface area contributed by atoms with Crippen LogP contribution in [0.2, 0.25) is 0 Å². The summed E-state index contributed by atoms with van der Waals surface area (Å²) < 4.78 is 10.5. The van der Waals surface area contributed by atoms with Gasteiger partial charge in [0.2, 0.25) is 10.9 Å². The van der Waals surface area contributed by atoms with Crippen LogP contribution in [0.15, 0.2) is 46.9 Å². The first-order valence-corrected chi connectivity index (χ1v) is 9.43. The number of aromatic hydroxyl groups is 1. The molecule has 10 heteroatoms. The molecule has 0 aliphatic rings. The molecule has 0 unspecified atom stereocenters. The summed E-state index contributed by atoms with van der Waals surface area (Å²) in [6.45, 7) is 1.98. The summed E-state index contributed by atoms with van der Waals surface area (Å²) in [6.07, 6.45) is 1.39. The van der Waals surface area contributed by atoms with E-state index in [1.165, 1.54) is 29.7 Å². The topological polar surface area (TPSA) is 119 Å². The molecule has 0 bridgehead atoms. The van der Waals surface area contributed by atoms with Gasteiger partial charge < -0.3 is 14.6 Å². The van der Waals surface area contributed by atoms with Crippen LogP contribution in [0.4, 0.5) is 10.8 Å². The summed E-state index contributed by atoms with van der Waals surface area (Å²) in [5.41, 5.74) is 4.42. The van der Waals surface area contributed by atoms with Gasteiger partial charge in [0.1, 0.15) is 5.75 Å². The van der Waals surface area contributed by atoms with E-state index in [-0.39, 0.29) is 12.4 Å². The zero-order valence-electron chi connectivity index (χ0n) is 15.7. The molecule has 29 heavy (non-hydrogen) atoms. The Hall–Kier alpha value is -3.66. The second-order valence-electron chi connectivity index (χ2n) is 5.72. The van der Waals surface area contributed by atoms with E-state index in [1.54, 1.807) is 14.0 Å². The van der Waals surface area contributed by atoms with Gasteiger partial charge in [0.25, 0.3) is 0 Å². The highest BCUT2D eigenvalue weighted by molar-refractivity contribution is 7.14. The van der Waals surface area contributed by atoms with Crippen molar-refractivity contribution in [2.75, 3.05) is 19.1 Å². The van der Waals surface area contributed by atoms with Gasteiger partial charge in [-0.3, -0.25) is 15.5 Å². The van der Waals surface area contributed by atoms with Crippen molar-refractivity contribution in [3.05, 3.63) is 57.5 Å². The van der Waals surface area contributed by atoms with Gasteiger partial charge in [-0.15, -0.1) is 11.3 Å². The monoisotopic (exact) mass is 414 g/mol. The second-order valence-corrected chi connectivity index (χ2v) is 6.57. The fraction of sp³-hybridized carbons (Fsp3) is 0.158. The number of methoxy groups -OCH3 is 1. The van der Waals surface area contributed by atoms with Crippen molar-refractivity contribution in [2.24, 2.45) is 5.10 Å². The molecule has 0 atom stereocenters. The van der Waals surface area contributed by atoms with Crippen molar-refractivity contribution in [1.29, 1.82) is 0 Å². The molecule has 150 valence electrons. The van der Waals surface area contributed by atoms with Crippen molar-refractivity contribution in [1.82, 2.24) is 4.98 Å². The molecule has 9 nitrogen and oxygen atoms in total. The van der Waals surface area contributed by atoms with E-state index in [4.69, 9.17) is 9.47 Å². The number of benzene rings is 2. The van der Waals surface area contributed by atoms with Crippen molar-refractivity contribution >= 4 is 28.4 Å². The summed E-state index contributed by atoms with van der Waals surface area (Å²) in [4.78, 5) is 14.9. The van der Waals surface area contributed by atoms with Crippen LogP contribution in [0.3, 0.4) is 0 Å². The molecule has 0 saturated heterocycles. The minimum absolute atomic E-state index is 0.0257. The highest BCUT2D eigenvalue weighted by Gasteiger charge is 2.19. The number of hydrogen-bond acceptors (Lipinski definition) is 9. The lowest BCUT2D eigenvalue weighted by Crippen LogP contribution is -1.98. The van der Waals surface area contributed by atoms with E-state index in [9.17, 15) is 15.2 Å². The van der Waals surface area contributed by atoms with Crippen LogP contribution in [0.5, 0.6) is 17.2 Å². The zero-order valence-corrected chi connectivity index (χ0v) is 16.5. The largest absolute Gasteiger partial charge is 0.500 e. The van der Waals surface area contributed by atoms with Gasteiger partial charge in [-0.25, -0.2) is 4.98 Å². The Morgan fingerprint density at radius 1 is 1.38 bits per heavy atom. The van der Waals surface area contributed by atoms with Gasteiger partial charge in [0.05, 0.1) is 30.5 Å². The minimum Gasteiger partial charge on any atom is -0.500 e. The molecule has 1 aromatic heterocycles. The third-order valence-corrected chi connectivity index (χ3v) is 4.56. The number of ether oxygens (including phenoxy) is 2. The molecule has 3 rings (SSSR count). The molecule has 0 amide bonds. The lowest BCUT2D eigenvalue weighted by Gasteiger charge is -2.07. The third-order valence-electron chi connectivity index (χ3n) is 3.82. The number of aromatic nitrogens is 1. The molecular formula is C19H18N4O5S. The summed E-state index contributed by atoms with van der Waals surface area (Å²) in [5.74, 6) is 0.254. The van der Waals surface area contributed by atoms with Gasteiger partial charge in [-0.1, -0.05) is 12.1 Å². The van der Waals surface area contributed by atoms with Crippen LogP contribution in [-0.4, -0.2) is 34.9 Å². The predicted molar refractivity (Wildman–Crippen MR) is 111 cm³/mol. The Morgan fingerprint density at radius 3 is 2.93 bits per heavy atom. The predicted octanol–water partition coefficient (Wildman–Crippen LogP) is 4.28. The van der Waals surface area contributed by atoms with E-state index >= 15 is 0 Å². The third kappa shape index (κ3) is 4.79. The maximum Gasteiger partial charge on any atom is 0.315 e. The van der Waals surface area contributed by atoms with Crippen molar-refractivity contribution in [2.45, 2.75) is 6.92 Å². The smallest absolute Gasteiger partial charge is 0.315 e. The van der Waals surface area contributed by atoms with E-state index in [1.807, 2.05) is 29.6 Å². The number of phenolic OH excluding ortho intramolecular Hbond substituents is 1. The Labute approximate surface area is 170 Å². The number of nitro benzene ring substituents is 1. The van der Waals surface area contributed by atoms with Crippen LogP contribution in [0.25, 0.3) is 11.3 Å². The summed E-state index contributed by atoms with van der Waals surface area (Å²) in [7, 11) is 1.60. The molecule has 0 saturated carbocycles. The first-order chi connectivity index (χ1) is 14.0. The Balaban J connectivity index is 1.76. The molecule has 3 aromatic rings. The first-order valence-electron chi connectivity index (χ1n) is 8.55. The molecule has 0 fully saturated rings. The maximum atomic E-state index is 11.1. The van der Waals surface area contributed by atoms with Gasteiger partial charge in [-0.2, -0.15) is 5.10 Å². The molecule has 2 N–H and O–H groups in total. The average molecular weight is 414 g/mol. The van der Waals surface area contributed by atoms with Crippen molar-refractivity contribution < 1.29 is 19.5 Å². The van der Waals surface area contributed by atoms with Crippen LogP contribution >= 0.6 is 11.3 Å². The molecule has 1 heterocycles. The highest BCUT2D eigenvalue weighted by Crippen LogP contribution is 2.36. The number of nitrogens with one attached hydrogen (secondary N) is 1. The number of thiazole rings is 1. The summed E-state index contributed by atoms with van der Waals surface area (Å²) in [5, 5.41) is 27.5. The average Bonchev–Trinajstić information content (AvgIpc) is 3.19. The number of nitrogens with zero attached hydrogens (tertiary/aromatic N) is 3. The number of nitro groups is 1. The van der Waals surface area contributed by atoms with Gasteiger partial charge in [0, 0.05) is 22.6 Å². The van der Waals surface area contributed by atoms with Crippen LogP contribution in [-0.2, 0) is 0 Å². The Morgan fingerprint density at radius 2 is 2.21 bits per heavy atom. The second kappa shape index (κ2) is 9.02. The lowest BCUT2D eigenvalue weighted by atomic mass is 10.2. The summed E-state index contributed by atoms with van der Waals surface area (Å²) >= 11 is 1.37. The van der Waals surface area contributed by atoms with E-state index < -0.39 is 16.4 Å². The highest BCUT2D eigenvalue weighted by atomic mass is 32.1. The van der Waals surface area contributed by atoms with E-state index in [0.717, 1.165) is 17.0 Å². The van der Waals surface area contributed by atoms with Gasteiger partial charge in [-0.05, 0) is 25.1 Å². The number of rotatable bonds is 8. The van der Waals surface area contributed by atoms with E-state index in [0.29, 0.717) is 10.7 Å². The number of anilines is 1. The van der Waals surface area contributed by atoms with E-state index in [2.05, 4.69) is 15.5 Å². The molecule has 0 aliphatic carbocycles. The standard InChI is InChI=1S/C19H18N4O5S/c1-3-28-17-8-12(7-16(18(17)24)23(25)26)10-20-22-19-21-15(11-29-19)13-5-4-6-14(9-13)27-2/h4-11,24H,3H2,1-2H3,(H,21,22)/b20-10-. The molecule has 2 aromatic carbocycles. The number of hydrogen-bond donors (Lipinski definition) is 2. The molecule has 0 spiro atoms. The van der Waals surface area contributed by atoms with Crippen LogP contribution < -0.4 is 14.9 Å². The van der Waals surface area contributed by atoms with Gasteiger partial charge >= 0.3 is 5.69 Å². The first kappa shape index (κ1) is 20.1. The molecule has 0 radical (unpaired) electrons. The number of phenols is 1.